The van der Waals surface area contributed by atoms with Gasteiger partial charge < -0.3 is 37.9 Å². The number of allylic oxidation sites excluding steroid dienone is 1. The van der Waals surface area contributed by atoms with Crippen LogP contribution in [0.1, 0.15) is 73.5 Å². The molecule has 5 aromatic rings. The van der Waals surface area contributed by atoms with Gasteiger partial charge in [-0.1, -0.05) is 36.7 Å². The average molecular weight is 981 g/mol. The van der Waals surface area contributed by atoms with Gasteiger partial charge in [-0.25, -0.2) is 34.1 Å². The molecular weight excluding hydrogens is 941 g/mol. The number of thioether (sulfide) groups is 2. The van der Waals surface area contributed by atoms with E-state index in [0.29, 0.717) is 60.2 Å². The van der Waals surface area contributed by atoms with Crippen molar-refractivity contribution in [2.75, 3.05) is 19.8 Å². The smallest absolute Gasteiger partial charge is 0.343 e. The first-order chi connectivity index (χ1) is 34.0. The molecule has 0 saturated heterocycles. The summed E-state index contributed by atoms with van der Waals surface area (Å²) in [6.45, 7) is 15.2. The Morgan fingerprint density at radius 1 is 0.557 bits per heavy atom. The maximum atomic E-state index is 13.4. The van der Waals surface area contributed by atoms with Crippen LogP contribution in [0.25, 0.3) is 4.85 Å². The molecule has 0 spiro atoms. The number of esters is 6. The van der Waals surface area contributed by atoms with Crippen molar-refractivity contribution in [1.29, 1.82) is 5.26 Å². The van der Waals surface area contributed by atoms with E-state index >= 15 is 0 Å². The monoisotopic (exact) mass is 980 g/mol. The summed E-state index contributed by atoms with van der Waals surface area (Å²) in [6, 6.07) is 28.7. The Morgan fingerprint density at radius 3 is 1.36 bits per heavy atom. The predicted octanol–water partition coefficient (Wildman–Crippen LogP) is 10.5. The van der Waals surface area contributed by atoms with Gasteiger partial charge in [-0.05, 0) is 135 Å². The highest BCUT2D eigenvalue weighted by Crippen LogP contribution is 2.59. The van der Waals surface area contributed by atoms with Crippen LogP contribution in [0.4, 0.5) is 0 Å². The molecule has 1 heterocycles. The molecule has 0 bridgehead atoms. The van der Waals surface area contributed by atoms with Crippen LogP contribution in [-0.4, -0.2) is 55.6 Å². The quantitative estimate of drug-likeness (QED) is 0.0120. The second-order valence-electron chi connectivity index (χ2n) is 14.3. The number of carbonyl (C=O) groups excluding carboxylic acids is 6. The van der Waals surface area contributed by atoms with E-state index in [9.17, 15) is 34.0 Å². The summed E-state index contributed by atoms with van der Waals surface area (Å²) >= 11 is 2.01. The Bertz CT molecular complexity index is 2870. The molecule has 354 valence electrons. The summed E-state index contributed by atoms with van der Waals surface area (Å²) in [5.41, 5.74) is 0.531. The van der Waals surface area contributed by atoms with Gasteiger partial charge in [0.15, 0.2) is 0 Å². The van der Waals surface area contributed by atoms with E-state index in [2.05, 4.69) is 22.7 Å². The number of benzene rings is 5. The highest BCUT2D eigenvalue weighted by molar-refractivity contribution is 8.24. The standard InChI is InChI=1S/C52H40N2O14S2/c1-4-44(55)64-31-9-8-30-63-38-21-13-34(14-22-38)49(58)66-40-25-17-36(18-26-40)51(60)68-43-28-27-42(46-47(43)70-52(69-46)41(32-53)54-3)67-50(59)35-15-23-39(24-16-35)65-48(57)33-11-19-37(20-12-33)62-29-7-6-10-45(56)61-5-2/h4-5,11-28H,1-2,6-10,29-31H2/b52-41-. The fraction of sp³-hybridized carbons (Fsp3) is 0.154. The molecule has 0 amide bonds. The number of fused-ring (bicyclic) bond motifs is 1. The number of carbonyl (C=O) groups is 6. The number of nitrogens with zero attached hydrogens (tertiary/aromatic N) is 2. The van der Waals surface area contributed by atoms with Gasteiger partial charge in [0.2, 0.25) is 0 Å². The highest BCUT2D eigenvalue weighted by atomic mass is 32.2. The molecule has 1 aliphatic heterocycles. The Morgan fingerprint density at radius 2 is 0.957 bits per heavy atom. The van der Waals surface area contributed by atoms with Crippen molar-refractivity contribution in [3.05, 3.63) is 178 Å². The average Bonchev–Trinajstić information content (AvgIpc) is 3.83. The predicted molar refractivity (Wildman–Crippen MR) is 255 cm³/mol. The zero-order valence-corrected chi connectivity index (χ0v) is 38.7. The first-order valence-corrected chi connectivity index (χ1v) is 22.8. The van der Waals surface area contributed by atoms with E-state index in [1.54, 1.807) is 48.5 Å². The number of unbranched alkanes of at least 4 members (excludes halogenated alkanes) is 2. The molecule has 0 aromatic heterocycles. The normalized spacial score (nSPS) is 11.8. The molecule has 0 fully saturated rings. The zero-order valence-electron chi connectivity index (χ0n) is 37.0. The Balaban J connectivity index is 1.02. The molecule has 0 saturated carbocycles. The van der Waals surface area contributed by atoms with E-state index in [4.69, 9.17) is 39.7 Å². The van der Waals surface area contributed by atoms with Gasteiger partial charge in [-0.15, -0.1) is 0 Å². The van der Waals surface area contributed by atoms with Gasteiger partial charge in [0.25, 0.3) is 5.70 Å². The number of hydrogen-bond acceptors (Lipinski definition) is 17. The third kappa shape index (κ3) is 14.5. The van der Waals surface area contributed by atoms with Crippen molar-refractivity contribution in [3.8, 4) is 40.6 Å². The number of rotatable bonds is 22. The molecule has 18 heteroatoms. The molecule has 0 N–H and O–H groups in total. The molecule has 70 heavy (non-hydrogen) atoms. The molecule has 0 atom stereocenters. The van der Waals surface area contributed by atoms with E-state index in [-0.39, 0.29) is 74.2 Å². The van der Waals surface area contributed by atoms with Gasteiger partial charge in [-0.2, -0.15) is 0 Å². The van der Waals surface area contributed by atoms with Gasteiger partial charge in [0.1, 0.15) is 34.5 Å². The van der Waals surface area contributed by atoms with Crippen LogP contribution in [0.5, 0.6) is 34.5 Å². The van der Waals surface area contributed by atoms with Crippen molar-refractivity contribution in [2.24, 2.45) is 0 Å². The summed E-state index contributed by atoms with van der Waals surface area (Å²) in [4.78, 5) is 78.9. The number of nitriles is 1. The molecule has 1 aliphatic rings. The summed E-state index contributed by atoms with van der Waals surface area (Å²) in [7, 11) is 0. The van der Waals surface area contributed by atoms with Crippen molar-refractivity contribution >= 4 is 59.3 Å². The maximum Gasteiger partial charge on any atom is 0.343 e. The van der Waals surface area contributed by atoms with Crippen LogP contribution in [0, 0.1) is 17.9 Å². The third-order valence-electron chi connectivity index (χ3n) is 9.50. The highest BCUT2D eigenvalue weighted by Gasteiger charge is 2.30. The van der Waals surface area contributed by atoms with Crippen molar-refractivity contribution in [2.45, 2.75) is 41.9 Å². The topological polar surface area (TPSA) is 204 Å². The lowest BCUT2D eigenvalue weighted by Gasteiger charge is -2.12. The Labute approximate surface area is 410 Å². The molecular formula is C52H40N2O14S2. The molecule has 16 nitrogen and oxygen atoms in total. The van der Waals surface area contributed by atoms with E-state index in [1.165, 1.54) is 60.7 Å². The first kappa shape index (κ1) is 50.8. The van der Waals surface area contributed by atoms with E-state index < -0.39 is 29.8 Å². The lowest BCUT2D eigenvalue weighted by atomic mass is 10.2. The second kappa shape index (κ2) is 25.5. The Hall–Kier alpha value is -8.58. The van der Waals surface area contributed by atoms with Crippen molar-refractivity contribution in [1.82, 2.24) is 0 Å². The molecule has 0 unspecified atom stereocenters. The first-order valence-electron chi connectivity index (χ1n) is 21.2. The van der Waals surface area contributed by atoms with Crippen LogP contribution in [0.15, 0.2) is 154 Å². The van der Waals surface area contributed by atoms with Gasteiger partial charge in [0.05, 0.1) is 75.0 Å². The van der Waals surface area contributed by atoms with Crippen LogP contribution in [0.2, 0.25) is 0 Å². The fourth-order valence-electron chi connectivity index (χ4n) is 5.98. The summed E-state index contributed by atoms with van der Waals surface area (Å²) < 4.78 is 43.7. The van der Waals surface area contributed by atoms with Gasteiger partial charge in [-0.3, -0.25) is 4.79 Å². The van der Waals surface area contributed by atoms with E-state index in [0.717, 1.165) is 35.9 Å². The minimum atomic E-state index is -0.772. The molecule has 0 aliphatic carbocycles. The zero-order chi connectivity index (χ0) is 49.8. The van der Waals surface area contributed by atoms with Crippen molar-refractivity contribution < 1.29 is 66.7 Å². The largest absolute Gasteiger partial charge is 0.494 e. The summed E-state index contributed by atoms with van der Waals surface area (Å²) in [5, 5.41) is 9.62. The minimum Gasteiger partial charge on any atom is -0.494 e. The van der Waals surface area contributed by atoms with Crippen molar-refractivity contribution in [3.63, 3.8) is 0 Å². The molecule has 6 rings (SSSR count). The van der Waals surface area contributed by atoms with Crippen LogP contribution in [0.3, 0.4) is 0 Å². The second-order valence-corrected chi connectivity index (χ2v) is 16.6. The van der Waals surface area contributed by atoms with Crippen LogP contribution >= 0.6 is 23.5 Å². The number of hydrogen-bond donors (Lipinski definition) is 0. The SMILES string of the molecule is [C-]#[N+]/C(C#N)=C1\Sc2c(OC(=O)c3ccc(OC(=O)c4ccc(OCCCCOC(=O)C=C)cc4)cc3)ccc(OC(=O)c3ccc(OC(=O)c4ccc(OCCCCC(=O)OC=C)cc4)cc3)c2S1. The fourth-order valence-corrected chi connectivity index (χ4v) is 8.45. The van der Waals surface area contributed by atoms with Crippen LogP contribution in [-0.2, 0) is 19.1 Å². The Kier molecular flexibility index (Phi) is 18.5. The van der Waals surface area contributed by atoms with Gasteiger partial charge in [0, 0.05) is 12.5 Å². The lowest BCUT2D eigenvalue weighted by molar-refractivity contribution is -0.138. The minimum absolute atomic E-state index is 0.0692. The summed E-state index contributed by atoms with van der Waals surface area (Å²) in [6.07, 6.45) is 4.90. The molecule has 5 aromatic carbocycles. The maximum absolute atomic E-state index is 13.4. The van der Waals surface area contributed by atoms with E-state index in [1.807, 2.05) is 6.07 Å². The lowest BCUT2D eigenvalue weighted by Crippen LogP contribution is -2.12. The summed E-state index contributed by atoms with van der Waals surface area (Å²) in [5.74, 6) is -2.14. The molecule has 0 radical (unpaired) electrons. The van der Waals surface area contributed by atoms with Gasteiger partial charge >= 0.3 is 35.8 Å². The number of ether oxygens (including phenoxy) is 8. The third-order valence-corrected chi connectivity index (χ3v) is 12.1. The van der Waals surface area contributed by atoms with Crippen LogP contribution < -0.4 is 28.4 Å².